The molecule has 3 aromatic rings. The van der Waals surface area contributed by atoms with E-state index in [2.05, 4.69) is 71.6 Å². The van der Waals surface area contributed by atoms with E-state index in [4.69, 9.17) is 39.3 Å². The van der Waals surface area contributed by atoms with Crippen molar-refractivity contribution in [3.63, 3.8) is 0 Å². The fraction of sp³-hybridized carbons (Fsp3) is 0.535. The number of hydrogen-bond acceptors (Lipinski definition) is 11. The van der Waals surface area contributed by atoms with Gasteiger partial charge in [-0.3, -0.25) is 9.59 Å². The minimum atomic E-state index is -0.250. The Morgan fingerprint density at radius 1 is 0.759 bits per heavy atom. The number of β-amino-alcohol motifs (C(OH)–C–C–N with tert-alkyl or cyclic N) is 2. The van der Waals surface area contributed by atoms with Crippen LogP contribution in [0.15, 0.2) is 72.8 Å². The molecule has 2 unspecified atom stereocenters. The lowest BCUT2D eigenvalue weighted by Gasteiger charge is -2.09. The first-order chi connectivity index (χ1) is 28.0. The molecule has 4 saturated heterocycles. The second-order valence-corrected chi connectivity index (χ2v) is 14.4. The number of hydrogen-bond donors (Lipinski definition) is 9. The van der Waals surface area contributed by atoms with Crippen LogP contribution >= 0.6 is 8.15 Å². The van der Waals surface area contributed by atoms with Crippen molar-refractivity contribution in [3.8, 4) is 11.5 Å². The summed E-state index contributed by atoms with van der Waals surface area (Å²) in [7, 11) is 5.40. The van der Waals surface area contributed by atoms with Crippen LogP contribution in [0.2, 0.25) is 0 Å². The summed E-state index contributed by atoms with van der Waals surface area (Å²) < 4.78 is 23.1. The number of aliphatic hydroxyl groups excluding tert-OH is 2. The van der Waals surface area contributed by atoms with Crippen LogP contribution in [0.5, 0.6) is 11.5 Å². The molecular weight excluding hydrogens is 764 g/mol. The molecule has 0 aliphatic carbocycles. The maximum absolute atomic E-state index is 12.5. The molecule has 4 aliphatic rings. The van der Waals surface area contributed by atoms with Crippen molar-refractivity contribution in [2.24, 2.45) is 0 Å². The molecule has 9 N–H and O–H groups in total. The van der Waals surface area contributed by atoms with Gasteiger partial charge >= 0.3 is 0 Å². The summed E-state index contributed by atoms with van der Waals surface area (Å²) >= 11 is 0. The quantitative estimate of drug-likeness (QED) is 0.109. The monoisotopic (exact) mass is 840 g/mol. The Morgan fingerprint density at radius 3 is 1.43 bits per heavy atom. The molecule has 4 fully saturated rings. The van der Waals surface area contributed by atoms with Gasteiger partial charge in [0, 0.05) is 32.0 Å². The maximum Gasteiger partial charge on any atom is 0.290 e. The van der Waals surface area contributed by atoms with Crippen LogP contribution in [0.1, 0.15) is 56.7 Å². The Kier molecular flexibility index (Phi) is 44.8. The topological polar surface area (TPSA) is 194 Å². The summed E-state index contributed by atoms with van der Waals surface area (Å²) in [4.78, 5) is 16.7. The van der Waals surface area contributed by atoms with Crippen LogP contribution in [-0.2, 0) is 16.1 Å². The number of rotatable bonds is 6. The molecule has 3 aromatic carbocycles. The lowest BCUT2D eigenvalue weighted by Crippen LogP contribution is -2.29. The van der Waals surface area contributed by atoms with E-state index in [0.717, 1.165) is 69.2 Å². The van der Waals surface area contributed by atoms with Crippen molar-refractivity contribution in [3.05, 3.63) is 95.3 Å². The van der Waals surface area contributed by atoms with Crippen LogP contribution < -0.4 is 35.8 Å². The van der Waals surface area contributed by atoms with Gasteiger partial charge in [0.2, 0.25) is 0 Å². The highest BCUT2D eigenvalue weighted by Crippen LogP contribution is 2.51. The normalized spacial score (nSPS) is 16.1. The molecule has 15 heteroatoms. The van der Waals surface area contributed by atoms with Crippen LogP contribution in [0, 0.1) is 19.7 Å². The molecule has 2 atom stereocenters. The predicted octanol–water partition coefficient (Wildman–Crippen LogP) is 5.65. The summed E-state index contributed by atoms with van der Waals surface area (Å²) in [5, 5.41) is 46.1. The summed E-state index contributed by atoms with van der Waals surface area (Å²) in [6.07, 6.45) is 5.71. The molecule has 0 radical (unpaired) electrons. The fourth-order valence-electron chi connectivity index (χ4n) is 3.86. The van der Waals surface area contributed by atoms with Crippen LogP contribution in [0.4, 0.5) is 4.39 Å². The Hall–Kier alpha value is -3.72. The third-order valence-electron chi connectivity index (χ3n) is 7.32. The van der Waals surface area contributed by atoms with Gasteiger partial charge in [-0.2, -0.15) is 0 Å². The SMILES string of the molecule is C1CNC1.CC.CCNC.CNCc1cccc(F)c1.COc1ccc(C)cc1.Cc1ccc(OP2CC2)cc1.O=CO.O=CO.OC1CCNC1.OC1CCNC1. The van der Waals surface area contributed by atoms with Gasteiger partial charge in [0.15, 0.2) is 0 Å². The lowest BCUT2D eigenvalue weighted by atomic mass is 10.2. The smallest absolute Gasteiger partial charge is 0.290 e. The number of methoxy groups -OCH3 is 1. The number of halogens is 1. The number of benzene rings is 3. The van der Waals surface area contributed by atoms with E-state index in [1.807, 2.05) is 58.3 Å². The summed E-state index contributed by atoms with van der Waals surface area (Å²) in [6, 6.07) is 22.8. The molecule has 0 amide bonds. The second kappa shape index (κ2) is 44.4. The highest BCUT2D eigenvalue weighted by Gasteiger charge is 2.24. The number of carbonyl (C=O) groups is 2. The zero-order chi connectivity index (χ0) is 44.2. The molecule has 58 heavy (non-hydrogen) atoms. The lowest BCUT2D eigenvalue weighted by molar-refractivity contribution is -0.123. The number of aryl methyl sites for hydroxylation is 2. The van der Waals surface area contributed by atoms with Gasteiger partial charge in [-0.1, -0.05) is 68.3 Å². The van der Waals surface area contributed by atoms with Crippen LogP contribution in [0.25, 0.3) is 0 Å². The number of carboxylic acid groups (broad SMARTS) is 2. The van der Waals surface area contributed by atoms with Gasteiger partial charge in [-0.05, 0) is 122 Å². The Balaban J connectivity index is -0.000000604. The van der Waals surface area contributed by atoms with E-state index in [1.54, 1.807) is 13.2 Å². The maximum atomic E-state index is 12.5. The number of nitrogens with one attached hydrogen (secondary N) is 5. The average Bonchev–Trinajstić information content (AvgIpc) is 3.64. The fourth-order valence-corrected chi connectivity index (χ4v) is 4.79. The third-order valence-corrected chi connectivity index (χ3v) is 8.60. The molecule has 0 bridgehead atoms. The van der Waals surface area contributed by atoms with E-state index in [-0.39, 0.29) is 39.1 Å². The van der Waals surface area contributed by atoms with Crippen molar-refractivity contribution >= 4 is 21.1 Å². The highest BCUT2D eigenvalue weighted by atomic mass is 31.2. The van der Waals surface area contributed by atoms with Crippen LogP contribution in [-0.4, -0.2) is 125 Å². The first kappa shape index (κ1) is 58.6. The van der Waals surface area contributed by atoms with Crippen LogP contribution in [0.3, 0.4) is 0 Å². The average molecular weight is 840 g/mol. The molecule has 332 valence electrons. The first-order valence-corrected chi connectivity index (χ1v) is 21.4. The minimum absolute atomic E-state index is 0.0364. The molecule has 0 saturated carbocycles. The Morgan fingerprint density at radius 2 is 1.17 bits per heavy atom. The largest absolute Gasteiger partial charge is 0.497 e. The summed E-state index contributed by atoms with van der Waals surface area (Å²) in [6.45, 7) is 17.6. The molecule has 4 heterocycles. The highest BCUT2D eigenvalue weighted by molar-refractivity contribution is 7.60. The van der Waals surface area contributed by atoms with Crippen molar-refractivity contribution in [2.45, 2.75) is 72.6 Å². The molecular formula is C43H75FN5O8P. The van der Waals surface area contributed by atoms with E-state index in [0.29, 0.717) is 0 Å². The Labute approximate surface area is 349 Å². The van der Waals surface area contributed by atoms with Gasteiger partial charge in [0.25, 0.3) is 12.9 Å². The van der Waals surface area contributed by atoms with E-state index < -0.39 is 0 Å². The van der Waals surface area contributed by atoms with E-state index in [1.165, 1.54) is 55.1 Å². The standard InChI is InChI=1S/C9H11OP.C8H10FN.C8H10O.2C4H9NO.C3H7N.C3H9N.C2H6.2CH2O2/c1-8-2-4-9(5-3-8)10-11-6-7-11;1-10-6-7-3-2-4-8(9)5-7;1-7-3-5-8(9-2)6-4-7;2*6-4-1-2-5-3-4;1-2-4-3-1;1-3-4-2;1-2;2*2-1-3/h2-5H,6-7H2,1H3;2-5,10H,6H2,1H3;3-6H,1-2H3;2*4-6H,1-3H2;4H,1-3H2;4H,3H2,1-2H3;1-2H3;2*1H,(H,2,3). The molecule has 0 spiro atoms. The third kappa shape index (κ3) is 41.9. The predicted molar refractivity (Wildman–Crippen MR) is 238 cm³/mol. The molecule has 7 rings (SSSR count). The van der Waals surface area contributed by atoms with Gasteiger partial charge in [-0.15, -0.1) is 0 Å². The van der Waals surface area contributed by atoms with Gasteiger partial charge in [-0.25, -0.2) is 4.39 Å². The Bertz CT molecular complexity index is 1270. The minimum Gasteiger partial charge on any atom is -0.497 e. The number of aliphatic hydroxyl groups is 2. The first-order valence-electron chi connectivity index (χ1n) is 19.8. The van der Waals surface area contributed by atoms with Gasteiger partial charge < -0.3 is 56.3 Å². The van der Waals surface area contributed by atoms with Gasteiger partial charge in [0.05, 0.1) is 27.5 Å². The van der Waals surface area contributed by atoms with Crippen molar-refractivity contribution < 1.29 is 43.7 Å². The summed E-state index contributed by atoms with van der Waals surface area (Å²) in [5.41, 5.74) is 3.53. The molecule has 13 nitrogen and oxygen atoms in total. The molecule has 0 aromatic heterocycles. The zero-order valence-electron chi connectivity index (χ0n) is 36.2. The summed E-state index contributed by atoms with van der Waals surface area (Å²) in [5.74, 6) is 1.78. The number of ether oxygens (including phenoxy) is 1. The van der Waals surface area contributed by atoms with Crippen molar-refractivity contribution in [2.75, 3.05) is 79.3 Å². The second-order valence-electron chi connectivity index (χ2n) is 12.3. The van der Waals surface area contributed by atoms with E-state index in [9.17, 15) is 4.39 Å². The van der Waals surface area contributed by atoms with Crippen molar-refractivity contribution in [1.82, 2.24) is 26.6 Å². The molecule has 4 aliphatic heterocycles. The van der Waals surface area contributed by atoms with Crippen molar-refractivity contribution in [1.29, 1.82) is 0 Å². The van der Waals surface area contributed by atoms with Gasteiger partial charge in [0.1, 0.15) is 17.3 Å². The zero-order valence-corrected chi connectivity index (χ0v) is 37.1. The van der Waals surface area contributed by atoms with E-state index >= 15 is 0 Å².